The van der Waals surface area contributed by atoms with Crippen molar-refractivity contribution < 1.29 is 24.8 Å². The smallest absolute Gasteiger partial charge is 0.115 e. The Morgan fingerprint density at radius 1 is 1.04 bits per heavy atom. The minimum absolute atomic E-state index is 0.0108. The van der Waals surface area contributed by atoms with Gasteiger partial charge in [0.15, 0.2) is 0 Å². The fourth-order valence-corrected chi connectivity index (χ4v) is 3.46. The van der Waals surface area contributed by atoms with Gasteiger partial charge in [0.25, 0.3) is 0 Å². The van der Waals surface area contributed by atoms with E-state index in [4.69, 9.17) is 9.47 Å². The van der Waals surface area contributed by atoms with E-state index >= 15 is 0 Å². The van der Waals surface area contributed by atoms with Crippen molar-refractivity contribution in [2.45, 2.75) is 12.2 Å². The minimum Gasteiger partial charge on any atom is -0.508 e. The first-order valence-corrected chi connectivity index (χ1v) is 7.97. The van der Waals surface area contributed by atoms with E-state index in [0.717, 1.165) is 11.1 Å². The second-order valence-electron chi connectivity index (χ2n) is 6.10. The highest BCUT2D eigenvalue weighted by Gasteiger charge is 2.42. The van der Waals surface area contributed by atoms with Crippen LogP contribution < -0.4 is 0 Å². The molecule has 24 heavy (non-hydrogen) atoms. The summed E-state index contributed by atoms with van der Waals surface area (Å²) in [5, 5.41) is 28.8. The molecular weight excluding hydrogens is 308 g/mol. The Balaban J connectivity index is 1.84. The van der Waals surface area contributed by atoms with Gasteiger partial charge >= 0.3 is 0 Å². The second kappa shape index (κ2) is 7.21. The van der Waals surface area contributed by atoms with Crippen molar-refractivity contribution in [2.75, 3.05) is 20.3 Å². The fourth-order valence-electron chi connectivity index (χ4n) is 3.46. The van der Waals surface area contributed by atoms with Crippen LogP contribution >= 0.6 is 0 Å². The quantitative estimate of drug-likeness (QED) is 0.786. The molecule has 1 aliphatic heterocycles. The van der Waals surface area contributed by atoms with Crippen molar-refractivity contribution in [2.24, 2.45) is 11.8 Å². The summed E-state index contributed by atoms with van der Waals surface area (Å²) in [6.45, 7) is 0.449. The van der Waals surface area contributed by atoms with E-state index in [0.29, 0.717) is 6.61 Å². The standard InChI is InChI=1S/C19H22O5/c1-23-18(12-2-6-14(21)7-3-12)17-11-24-19(16(17)10-20)13-4-8-15(22)9-5-13/h2-9,16-22H,10-11H2,1H3/t16-,17+,18-,19+/m1/s1. The summed E-state index contributed by atoms with van der Waals surface area (Å²) in [5.74, 6) is 0.279. The molecule has 0 spiro atoms. The van der Waals surface area contributed by atoms with Crippen molar-refractivity contribution >= 4 is 0 Å². The summed E-state index contributed by atoms with van der Waals surface area (Å²) in [6.07, 6.45) is -0.472. The Bertz CT molecular complexity index is 652. The van der Waals surface area contributed by atoms with E-state index in [-0.39, 0.29) is 42.1 Å². The Labute approximate surface area is 141 Å². The maximum Gasteiger partial charge on any atom is 0.115 e. The number of hydrogen-bond acceptors (Lipinski definition) is 5. The van der Waals surface area contributed by atoms with Crippen LogP contribution in [-0.4, -0.2) is 35.6 Å². The minimum atomic E-state index is -0.240. The molecule has 3 N–H and O–H groups in total. The summed E-state index contributed by atoms with van der Waals surface area (Å²) < 4.78 is 11.6. The van der Waals surface area contributed by atoms with Crippen molar-refractivity contribution in [1.29, 1.82) is 0 Å². The zero-order valence-electron chi connectivity index (χ0n) is 13.5. The molecule has 1 fully saturated rings. The molecule has 0 aromatic heterocycles. The maximum absolute atomic E-state index is 9.93. The first-order valence-electron chi connectivity index (χ1n) is 7.97. The van der Waals surface area contributed by atoms with Gasteiger partial charge in [0.1, 0.15) is 11.5 Å². The number of rotatable bonds is 5. The molecule has 0 radical (unpaired) electrons. The van der Waals surface area contributed by atoms with Gasteiger partial charge in [0.05, 0.1) is 18.8 Å². The van der Waals surface area contributed by atoms with Gasteiger partial charge in [-0.05, 0) is 35.4 Å². The van der Waals surface area contributed by atoms with Crippen LogP contribution in [0.15, 0.2) is 48.5 Å². The van der Waals surface area contributed by atoms with Gasteiger partial charge in [-0.1, -0.05) is 24.3 Å². The number of phenols is 2. The Morgan fingerprint density at radius 3 is 2.17 bits per heavy atom. The Morgan fingerprint density at radius 2 is 1.62 bits per heavy atom. The summed E-state index contributed by atoms with van der Waals surface area (Å²) in [4.78, 5) is 0. The normalized spacial score (nSPS) is 24.8. The van der Waals surface area contributed by atoms with E-state index in [1.54, 1.807) is 31.4 Å². The molecule has 128 valence electrons. The maximum atomic E-state index is 9.93. The predicted molar refractivity (Wildman–Crippen MR) is 88.7 cm³/mol. The first-order chi connectivity index (χ1) is 11.6. The lowest BCUT2D eigenvalue weighted by molar-refractivity contribution is 0.0244. The average molecular weight is 330 g/mol. The van der Waals surface area contributed by atoms with Crippen LogP contribution in [0.1, 0.15) is 23.3 Å². The summed E-state index contributed by atoms with van der Waals surface area (Å²) in [7, 11) is 1.64. The highest BCUT2D eigenvalue weighted by Crippen LogP contribution is 2.45. The second-order valence-corrected chi connectivity index (χ2v) is 6.10. The number of aliphatic hydroxyl groups excluding tert-OH is 1. The molecule has 0 saturated carbocycles. The molecule has 1 aliphatic rings. The van der Waals surface area contributed by atoms with Gasteiger partial charge in [0, 0.05) is 25.6 Å². The van der Waals surface area contributed by atoms with E-state index < -0.39 is 0 Å². The zero-order valence-corrected chi connectivity index (χ0v) is 13.5. The van der Waals surface area contributed by atoms with Gasteiger partial charge in [0.2, 0.25) is 0 Å². The Hall–Kier alpha value is -2.08. The van der Waals surface area contributed by atoms with Crippen LogP contribution in [0, 0.1) is 11.8 Å². The third-order valence-electron chi connectivity index (χ3n) is 4.70. The number of methoxy groups -OCH3 is 1. The molecular formula is C19H22O5. The zero-order chi connectivity index (χ0) is 17.1. The lowest BCUT2D eigenvalue weighted by Crippen LogP contribution is -2.26. The molecule has 0 unspecified atom stereocenters. The molecule has 0 amide bonds. The molecule has 1 saturated heterocycles. The van der Waals surface area contributed by atoms with Gasteiger partial charge in [-0.15, -0.1) is 0 Å². The summed E-state index contributed by atoms with van der Waals surface area (Å²) >= 11 is 0. The molecule has 5 nitrogen and oxygen atoms in total. The molecule has 2 aromatic rings. The van der Waals surface area contributed by atoms with Crippen LogP contribution in [0.5, 0.6) is 11.5 Å². The average Bonchev–Trinajstić information content (AvgIpc) is 3.01. The third kappa shape index (κ3) is 3.24. The van der Waals surface area contributed by atoms with E-state index in [9.17, 15) is 15.3 Å². The fraction of sp³-hybridized carbons (Fsp3) is 0.368. The Kier molecular flexibility index (Phi) is 5.04. The van der Waals surface area contributed by atoms with Crippen LogP contribution in [0.4, 0.5) is 0 Å². The van der Waals surface area contributed by atoms with Crippen molar-refractivity contribution in [3.63, 3.8) is 0 Å². The summed E-state index contributed by atoms with van der Waals surface area (Å²) in [5.41, 5.74) is 1.86. The van der Waals surface area contributed by atoms with Crippen LogP contribution in [0.3, 0.4) is 0 Å². The topological polar surface area (TPSA) is 79.2 Å². The first kappa shape index (κ1) is 16.8. The molecule has 3 rings (SSSR count). The van der Waals surface area contributed by atoms with Crippen molar-refractivity contribution in [1.82, 2.24) is 0 Å². The number of ether oxygens (including phenoxy) is 2. The molecule has 0 bridgehead atoms. The number of aromatic hydroxyl groups is 2. The van der Waals surface area contributed by atoms with Crippen LogP contribution in [0.2, 0.25) is 0 Å². The molecule has 4 atom stereocenters. The monoisotopic (exact) mass is 330 g/mol. The molecule has 0 aliphatic carbocycles. The van der Waals surface area contributed by atoms with Gasteiger partial charge < -0.3 is 24.8 Å². The predicted octanol–water partition coefficient (Wildman–Crippen LogP) is 2.78. The van der Waals surface area contributed by atoms with Crippen molar-refractivity contribution in [3.8, 4) is 11.5 Å². The van der Waals surface area contributed by atoms with E-state index in [2.05, 4.69) is 0 Å². The van der Waals surface area contributed by atoms with Crippen LogP contribution in [-0.2, 0) is 9.47 Å². The van der Waals surface area contributed by atoms with E-state index in [1.807, 2.05) is 24.3 Å². The molecule has 5 heteroatoms. The number of aliphatic hydroxyl groups is 1. The van der Waals surface area contributed by atoms with Gasteiger partial charge in [-0.25, -0.2) is 0 Å². The lowest BCUT2D eigenvalue weighted by Gasteiger charge is -2.27. The lowest BCUT2D eigenvalue weighted by atomic mass is 9.82. The number of hydrogen-bond donors (Lipinski definition) is 3. The largest absolute Gasteiger partial charge is 0.508 e. The molecule has 2 aromatic carbocycles. The third-order valence-corrected chi connectivity index (χ3v) is 4.70. The van der Waals surface area contributed by atoms with Crippen molar-refractivity contribution in [3.05, 3.63) is 59.7 Å². The number of phenolic OH excluding ortho intramolecular Hbond substituents is 2. The van der Waals surface area contributed by atoms with E-state index in [1.165, 1.54) is 0 Å². The highest BCUT2D eigenvalue weighted by molar-refractivity contribution is 5.30. The van der Waals surface area contributed by atoms with Crippen LogP contribution in [0.25, 0.3) is 0 Å². The van der Waals surface area contributed by atoms with Gasteiger partial charge in [-0.2, -0.15) is 0 Å². The SMILES string of the molecule is CO[C@H](c1ccc(O)cc1)[C@H]1CO[C@@H](c2ccc(O)cc2)[C@@H]1CO. The van der Waals surface area contributed by atoms with Gasteiger partial charge in [-0.3, -0.25) is 0 Å². The molecule has 1 heterocycles. The summed E-state index contributed by atoms with van der Waals surface area (Å²) in [6, 6.07) is 13.8. The highest BCUT2D eigenvalue weighted by atomic mass is 16.5. The number of benzene rings is 2.